The highest BCUT2D eigenvalue weighted by Crippen LogP contribution is 2.27. The Bertz CT molecular complexity index is 563. The first-order chi connectivity index (χ1) is 9.92. The summed E-state index contributed by atoms with van der Waals surface area (Å²) < 4.78 is 9.94. The number of esters is 2. The minimum absolute atomic E-state index is 0.0679. The van der Waals surface area contributed by atoms with Gasteiger partial charge in [-0.1, -0.05) is 29.1 Å². The molecule has 0 aliphatic rings. The third-order valence-corrected chi connectivity index (χ3v) is 2.95. The normalized spacial score (nSPS) is 11.3. The second kappa shape index (κ2) is 8.56. The summed E-state index contributed by atoms with van der Waals surface area (Å²) in [6.07, 6.45) is 4.98. The van der Waals surface area contributed by atoms with E-state index in [-0.39, 0.29) is 23.6 Å². The Kier molecular flexibility index (Phi) is 7.07. The van der Waals surface area contributed by atoms with Gasteiger partial charge in [-0.3, -0.25) is 9.59 Å². The molecule has 1 rings (SSSR count). The molecule has 1 atom stereocenters. The van der Waals surface area contributed by atoms with E-state index in [4.69, 9.17) is 39.1 Å². The summed E-state index contributed by atoms with van der Waals surface area (Å²) >= 11 is 11.6. The minimum atomic E-state index is -0.572. The molecule has 0 saturated carbocycles. The first-order valence-electron chi connectivity index (χ1n) is 6.23. The Hall–Kier alpha value is -1.70. The van der Waals surface area contributed by atoms with E-state index in [9.17, 15) is 9.59 Å². The van der Waals surface area contributed by atoms with E-state index in [1.54, 1.807) is 13.0 Å². The van der Waals surface area contributed by atoms with Gasteiger partial charge in [0.25, 0.3) is 0 Å². The van der Waals surface area contributed by atoms with Gasteiger partial charge in [0.05, 0.1) is 5.02 Å². The van der Waals surface area contributed by atoms with Crippen LogP contribution >= 0.6 is 23.2 Å². The quantitative estimate of drug-likeness (QED) is 0.454. The molecule has 21 heavy (non-hydrogen) atoms. The molecule has 0 N–H and O–H groups in total. The average molecular weight is 329 g/mol. The molecule has 0 aromatic heterocycles. The van der Waals surface area contributed by atoms with Crippen molar-refractivity contribution in [3.63, 3.8) is 0 Å². The molecule has 0 saturated heterocycles. The maximum atomic E-state index is 11.6. The van der Waals surface area contributed by atoms with E-state index >= 15 is 0 Å². The number of carbonyl (C=O) groups excluding carboxylic acids is 2. The molecule has 0 aliphatic heterocycles. The van der Waals surface area contributed by atoms with Crippen molar-refractivity contribution in [2.75, 3.05) is 0 Å². The lowest BCUT2D eigenvalue weighted by molar-refractivity contribution is -0.146. The summed E-state index contributed by atoms with van der Waals surface area (Å²) in [5, 5.41) is 0.697. The Morgan fingerprint density at radius 3 is 2.57 bits per heavy atom. The Morgan fingerprint density at radius 1 is 1.29 bits per heavy atom. The van der Waals surface area contributed by atoms with E-state index in [1.165, 1.54) is 12.1 Å². The predicted molar refractivity (Wildman–Crippen MR) is 80.3 cm³/mol. The van der Waals surface area contributed by atoms with E-state index in [2.05, 4.69) is 5.92 Å². The van der Waals surface area contributed by atoms with Crippen molar-refractivity contribution in [2.24, 2.45) is 0 Å². The zero-order chi connectivity index (χ0) is 15.8. The van der Waals surface area contributed by atoms with Crippen LogP contribution in [0.1, 0.15) is 26.2 Å². The van der Waals surface area contributed by atoms with Crippen molar-refractivity contribution in [1.82, 2.24) is 0 Å². The number of benzene rings is 1. The van der Waals surface area contributed by atoms with Crippen LogP contribution in [0.25, 0.3) is 0 Å². The molecule has 1 aromatic carbocycles. The summed E-state index contributed by atoms with van der Waals surface area (Å²) in [5.74, 6) is 1.57. The molecule has 112 valence electrons. The van der Waals surface area contributed by atoms with Gasteiger partial charge in [0, 0.05) is 17.9 Å². The molecule has 0 amide bonds. The standard InChI is InChI=1S/C15H14Cl2O4/c1-3-10(2)20-14(18)5-4-6-15(19)21-13-8-7-11(16)9-12(13)17/h1,7-10H,4-6H2,2H3. The molecule has 4 nitrogen and oxygen atoms in total. The zero-order valence-corrected chi connectivity index (χ0v) is 12.9. The third-order valence-electron chi connectivity index (χ3n) is 2.42. The molecule has 0 spiro atoms. The maximum absolute atomic E-state index is 11.6. The average Bonchev–Trinajstić information content (AvgIpc) is 2.41. The first kappa shape index (κ1) is 17.4. The maximum Gasteiger partial charge on any atom is 0.311 e. The molecular formula is C15H14Cl2O4. The van der Waals surface area contributed by atoms with Crippen LogP contribution in [0, 0.1) is 12.3 Å². The largest absolute Gasteiger partial charge is 0.449 e. The third kappa shape index (κ3) is 6.52. The number of halogens is 2. The number of hydrogen-bond acceptors (Lipinski definition) is 4. The van der Waals surface area contributed by atoms with Gasteiger partial charge in [-0.25, -0.2) is 0 Å². The lowest BCUT2D eigenvalue weighted by Crippen LogP contribution is -2.14. The number of rotatable bonds is 6. The SMILES string of the molecule is C#CC(C)OC(=O)CCCC(=O)Oc1ccc(Cl)cc1Cl. The van der Waals surface area contributed by atoms with Crippen LogP contribution in [-0.4, -0.2) is 18.0 Å². The second-order valence-electron chi connectivity index (χ2n) is 4.20. The van der Waals surface area contributed by atoms with Crippen molar-refractivity contribution >= 4 is 35.1 Å². The van der Waals surface area contributed by atoms with Crippen LogP contribution in [0.15, 0.2) is 18.2 Å². The minimum Gasteiger partial charge on any atom is -0.449 e. The van der Waals surface area contributed by atoms with Crippen molar-refractivity contribution in [1.29, 1.82) is 0 Å². The smallest absolute Gasteiger partial charge is 0.311 e. The van der Waals surface area contributed by atoms with Gasteiger partial charge in [0.15, 0.2) is 6.10 Å². The zero-order valence-electron chi connectivity index (χ0n) is 11.4. The monoisotopic (exact) mass is 328 g/mol. The van der Waals surface area contributed by atoms with Gasteiger partial charge in [0.1, 0.15) is 5.75 Å². The van der Waals surface area contributed by atoms with Crippen molar-refractivity contribution in [3.05, 3.63) is 28.2 Å². The fourth-order valence-electron chi connectivity index (χ4n) is 1.40. The van der Waals surface area contributed by atoms with E-state index < -0.39 is 18.0 Å². The summed E-state index contributed by atoms with van der Waals surface area (Å²) in [7, 11) is 0. The molecule has 0 fully saturated rings. The van der Waals surface area contributed by atoms with Crippen LogP contribution in [0.5, 0.6) is 5.75 Å². The number of carbonyl (C=O) groups is 2. The highest BCUT2D eigenvalue weighted by atomic mass is 35.5. The van der Waals surface area contributed by atoms with Crippen molar-refractivity contribution in [3.8, 4) is 18.1 Å². The summed E-state index contributed by atoms with van der Waals surface area (Å²) in [4.78, 5) is 22.9. The van der Waals surface area contributed by atoms with Gasteiger partial charge in [-0.15, -0.1) is 6.42 Å². The number of ether oxygens (including phenoxy) is 2. The fraction of sp³-hybridized carbons (Fsp3) is 0.333. The summed E-state index contributed by atoms with van der Waals surface area (Å²) in [5.41, 5.74) is 0. The number of terminal acetylenes is 1. The summed E-state index contributed by atoms with van der Waals surface area (Å²) in [6.45, 7) is 1.59. The van der Waals surface area contributed by atoms with Gasteiger partial charge < -0.3 is 9.47 Å². The fourth-order valence-corrected chi connectivity index (χ4v) is 1.85. The first-order valence-corrected chi connectivity index (χ1v) is 6.99. The molecule has 0 bridgehead atoms. The van der Waals surface area contributed by atoms with E-state index in [0.717, 1.165) is 0 Å². The molecule has 1 unspecified atom stereocenters. The van der Waals surface area contributed by atoms with E-state index in [1.807, 2.05) is 0 Å². The van der Waals surface area contributed by atoms with Gasteiger partial charge in [-0.2, -0.15) is 0 Å². The molecule has 1 aromatic rings. The topological polar surface area (TPSA) is 52.6 Å². The lowest BCUT2D eigenvalue weighted by atomic mass is 10.2. The molecule has 0 radical (unpaired) electrons. The summed E-state index contributed by atoms with van der Waals surface area (Å²) in [6, 6.07) is 4.55. The van der Waals surface area contributed by atoms with Crippen molar-refractivity contribution < 1.29 is 19.1 Å². The Morgan fingerprint density at radius 2 is 1.95 bits per heavy atom. The highest BCUT2D eigenvalue weighted by Gasteiger charge is 2.11. The molecule has 0 heterocycles. The lowest BCUT2D eigenvalue weighted by Gasteiger charge is -2.08. The van der Waals surface area contributed by atoms with Crippen LogP contribution in [0.4, 0.5) is 0 Å². The van der Waals surface area contributed by atoms with Crippen LogP contribution in [-0.2, 0) is 14.3 Å². The molecule has 6 heteroatoms. The molecule has 0 aliphatic carbocycles. The van der Waals surface area contributed by atoms with Gasteiger partial charge in [-0.05, 0) is 31.5 Å². The predicted octanol–water partition coefficient (Wildman–Crippen LogP) is 3.63. The second-order valence-corrected chi connectivity index (χ2v) is 5.04. The van der Waals surface area contributed by atoms with Crippen molar-refractivity contribution in [2.45, 2.75) is 32.3 Å². The Balaban J connectivity index is 2.35. The molecular weight excluding hydrogens is 315 g/mol. The number of hydrogen-bond donors (Lipinski definition) is 0. The highest BCUT2D eigenvalue weighted by molar-refractivity contribution is 6.35. The van der Waals surface area contributed by atoms with Crippen LogP contribution in [0.2, 0.25) is 10.0 Å². The Labute approximate surface area is 133 Å². The van der Waals surface area contributed by atoms with Gasteiger partial charge in [0.2, 0.25) is 0 Å². The van der Waals surface area contributed by atoms with E-state index in [0.29, 0.717) is 11.4 Å². The van der Waals surface area contributed by atoms with Crippen LogP contribution in [0.3, 0.4) is 0 Å². The van der Waals surface area contributed by atoms with Gasteiger partial charge >= 0.3 is 11.9 Å². The van der Waals surface area contributed by atoms with Crippen LogP contribution < -0.4 is 4.74 Å².